The zero-order valence-corrected chi connectivity index (χ0v) is 6.45. The molecule has 2 heterocycles. The lowest BCUT2D eigenvalue weighted by Crippen LogP contribution is -1.95. The van der Waals surface area contributed by atoms with E-state index in [-0.39, 0.29) is 0 Å². The predicted molar refractivity (Wildman–Crippen MR) is 44.2 cm³/mol. The van der Waals surface area contributed by atoms with Crippen molar-refractivity contribution >= 4 is 0 Å². The first-order valence-corrected chi connectivity index (χ1v) is 3.68. The summed E-state index contributed by atoms with van der Waals surface area (Å²) in [5.74, 6) is 1.45. The second-order valence-electron chi connectivity index (χ2n) is 2.44. The largest absolute Gasteiger partial charge is 0.461 e. The lowest BCUT2D eigenvalue weighted by molar-refractivity contribution is 0.578. The lowest BCUT2D eigenvalue weighted by Gasteiger charge is -1.88. The maximum Gasteiger partial charge on any atom is 0.173 e. The summed E-state index contributed by atoms with van der Waals surface area (Å²) in [7, 11) is 0. The lowest BCUT2D eigenvalue weighted by atomic mass is 10.4. The monoisotopic (exact) mass is 163 g/mol. The number of nitrogens with two attached hydrogens (primary N) is 1. The van der Waals surface area contributed by atoms with Crippen molar-refractivity contribution in [1.82, 2.24) is 9.97 Å². The average molecular weight is 163 g/mol. The molecular weight excluding hydrogens is 154 g/mol. The maximum atomic E-state index is 5.41. The Morgan fingerprint density at radius 2 is 2.50 bits per heavy atom. The smallest absolute Gasteiger partial charge is 0.173 e. The summed E-state index contributed by atoms with van der Waals surface area (Å²) in [6, 6.07) is 3.67. The van der Waals surface area contributed by atoms with Crippen LogP contribution < -0.4 is 5.73 Å². The zero-order valence-electron chi connectivity index (χ0n) is 6.45. The SMILES string of the molecule is NCc1cnc(-c2ccco2)[nH]1. The van der Waals surface area contributed by atoms with E-state index >= 15 is 0 Å². The molecule has 0 fully saturated rings. The van der Waals surface area contributed by atoms with Gasteiger partial charge in [0.2, 0.25) is 0 Å². The van der Waals surface area contributed by atoms with Crippen molar-refractivity contribution in [1.29, 1.82) is 0 Å². The molecule has 0 atom stereocenters. The minimum absolute atomic E-state index is 0.466. The highest BCUT2D eigenvalue weighted by Gasteiger charge is 2.03. The van der Waals surface area contributed by atoms with E-state index in [0.29, 0.717) is 6.54 Å². The normalized spacial score (nSPS) is 10.4. The molecule has 0 aliphatic carbocycles. The van der Waals surface area contributed by atoms with E-state index in [1.807, 2.05) is 12.1 Å². The third kappa shape index (κ3) is 1.12. The molecule has 0 aliphatic rings. The number of aromatic amines is 1. The number of H-pyrrole nitrogens is 1. The molecule has 0 amide bonds. The second kappa shape index (κ2) is 2.83. The Kier molecular flexibility index (Phi) is 1.68. The van der Waals surface area contributed by atoms with Crippen LogP contribution in [0.2, 0.25) is 0 Å². The van der Waals surface area contributed by atoms with Crippen molar-refractivity contribution in [2.45, 2.75) is 6.54 Å². The molecule has 0 aromatic carbocycles. The van der Waals surface area contributed by atoms with Gasteiger partial charge in [0, 0.05) is 12.2 Å². The molecule has 0 saturated heterocycles. The van der Waals surface area contributed by atoms with E-state index in [9.17, 15) is 0 Å². The van der Waals surface area contributed by atoms with Gasteiger partial charge in [0.25, 0.3) is 0 Å². The summed E-state index contributed by atoms with van der Waals surface area (Å²) in [5, 5.41) is 0. The topological polar surface area (TPSA) is 67.8 Å². The molecular formula is C8H9N3O. The highest BCUT2D eigenvalue weighted by molar-refractivity contribution is 5.46. The Labute approximate surface area is 69.4 Å². The molecule has 0 saturated carbocycles. The Hall–Kier alpha value is -1.55. The summed E-state index contributed by atoms with van der Waals surface area (Å²) >= 11 is 0. The van der Waals surface area contributed by atoms with Crippen molar-refractivity contribution in [2.75, 3.05) is 0 Å². The van der Waals surface area contributed by atoms with Gasteiger partial charge in [-0.05, 0) is 12.1 Å². The number of nitrogens with zero attached hydrogens (tertiary/aromatic N) is 1. The number of hydrogen-bond acceptors (Lipinski definition) is 3. The quantitative estimate of drug-likeness (QED) is 0.697. The maximum absolute atomic E-state index is 5.41. The van der Waals surface area contributed by atoms with Gasteiger partial charge in [0.05, 0.1) is 12.5 Å². The number of nitrogens with one attached hydrogen (secondary N) is 1. The summed E-state index contributed by atoms with van der Waals surface area (Å²) in [6.07, 6.45) is 3.32. The van der Waals surface area contributed by atoms with Crippen LogP contribution in [0.25, 0.3) is 11.6 Å². The van der Waals surface area contributed by atoms with E-state index in [2.05, 4.69) is 9.97 Å². The molecule has 0 bridgehead atoms. The van der Waals surface area contributed by atoms with Gasteiger partial charge < -0.3 is 15.1 Å². The second-order valence-corrected chi connectivity index (χ2v) is 2.44. The molecule has 2 aromatic rings. The van der Waals surface area contributed by atoms with Crippen LogP contribution in [0.1, 0.15) is 5.69 Å². The summed E-state index contributed by atoms with van der Waals surface area (Å²) < 4.78 is 5.14. The molecule has 0 unspecified atom stereocenters. The van der Waals surface area contributed by atoms with E-state index in [1.165, 1.54) is 0 Å². The fourth-order valence-corrected chi connectivity index (χ4v) is 1.00. The minimum Gasteiger partial charge on any atom is -0.461 e. The fourth-order valence-electron chi connectivity index (χ4n) is 1.00. The van der Waals surface area contributed by atoms with Crippen LogP contribution in [-0.4, -0.2) is 9.97 Å². The molecule has 2 rings (SSSR count). The van der Waals surface area contributed by atoms with Gasteiger partial charge in [-0.2, -0.15) is 0 Å². The zero-order chi connectivity index (χ0) is 8.39. The Morgan fingerprint density at radius 3 is 3.08 bits per heavy atom. The van der Waals surface area contributed by atoms with Gasteiger partial charge in [0.1, 0.15) is 0 Å². The van der Waals surface area contributed by atoms with Crippen LogP contribution in [0.15, 0.2) is 29.0 Å². The van der Waals surface area contributed by atoms with Gasteiger partial charge in [0.15, 0.2) is 11.6 Å². The predicted octanol–water partition coefficient (Wildman–Crippen LogP) is 1.13. The number of aromatic nitrogens is 2. The highest BCUT2D eigenvalue weighted by Crippen LogP contribution is 2.15. The van der Waals surface area contributed by atoms with Gasteiger partial charge in [-0.3, -0.25) is 0 Å². The van der Waals surface area contributed by atoms with Crippen LogP contribution in [0.3, 0.4) is 0 Å². The number of hydrogen-bond donors (Lipinski definition) is 2. The molecule has 62 valence electrons. The number of imidazole rings is 1. The van der Waals surface area contributed by atoms with E-state index in [4.69, 9.17) is 10.2 Å². The third-order valence-corrected chi connectivity index (χ3v) is 1.60. The first kappa shape index (κ1) is 7.12. The fraction of sp³-hybridized carbons (Fsp3) is 0.125. The molecule has 0 radical (unpaired) electrons. The van der Waals surface area contributed by atoms with Gasteiger partial charge in [-0.15, -0.1) is 0 Å². The van der Waals surface area contributed by atoms with E-state index in [0.717, 1.165) is 17.3 Å². The molecule has 0 aliphatic heterocycles. The molecule has 4 nitrogen and oxygen atoms in total. The summed E-state index contributed by atoms with van der Waals surface area (Å²) in [6.45, 7) is 0.466. The average Bonchev–Trinajstić information content (AvgIpc) is 2.75. The summed E-state index contributed by atoms with van der Waals surface area (Å²) in [4.78, 5) is 7.14. The van der Waals surface area contributed by atoms with Crippen LogP contribution in [0.5, 0.6) is 0 Å². The van der Waals surface area contributed by atoms with Crippen molar-refractivity contribution in [3.8, 4) is 11.6 Å². The molecule has 12 heavy (non-hydrogen) atoms. The first-order chi connectivity index (χ1) is 5.90. The van der Waals surface area contributed by atoms with Crippen LogP contribution in [0.4, 0.5) is 0 Å². The third-order valence-electron chi connectivity index (χ3n) is 1.60. The Bertz CT molecular complexity index is 350. The van der Waals surface area contributed by atoms with Crippen molar-refractivity contribution in [2.24, 2.45) is 5.73 Å². The molecule has 3 N–H and O–H groups in total. The number of rotatable bonds is 2. The minimum atomic E-state index is 0.466. The standard InChI is InChI=1S/C8H9N3O/c9-4-6-5-10-8(11-6)7-2-1-3-12-7/h1-3,5H,4,9H2,(H,10,11). The molecule has 0 spiro atoms. The van der Waals surface area contributed by atoms with Crippen LogP contribution in [-0.2, 0) is 6.54 Å². The molecule has 2 aromatic heterocycles. The number of furan rings is 1. The van der Waals surface area contributed by atoms with E-state index < -0.39 is 0 Å². The Balaban J connectivity index is 2.35. The first-order valence-electron chi connectivity index (χ1n) is 3.68. The Morgan fingerprint density at radius 1 is 1.58 bits per heavy atom. The van der Waals surface area contributed by atoms with E-state index in [1.54, 1.807) is 12.5 Å². The molecule has 4 heteroatoms. The van der Waals surface area contributed by atoms with Gasteiger partial charge >= 0.3 is 0 Å². The van der Waals surface area contributed by atoms with Crippen molar-refractivity contribution in [3.63, 3.8) is 0 Å². The highest BCUT2D eigenvalue weighted by atomic mass is 16.3. The summed E-state index contributed by atoms with van der Waals surface area (Å²) in [5.41, 5.74) is 6.32. The van der Waals surface area contributed by atoms with Crippen molar-refractivity contribution < 1.29 is 4.42 Å². The van der Waals surface area contributed by atoms with Crippen LogP contribution >= 0.6 is 0 Å². The van der Waals surface area contributed by atoms with Gasteiger partial charge in [-0.1, -0.05) is 0 Å². The van der Waals surface area contributed by atoms with Crippen molar-refractivity contribution in [3.05, 3.63) is 30.3 Å². The van der Waals surface area contributed by atoms with Crippen LogP contribution in [0, 0.1) is 0 Å². The van der Waals surface area contributed by atoms with Gasteiger partial charge in [-0.25, -0.2) is 4.98 Å².